The average molecular weight is 706 g/mol. The van der Waals surface area contributed by atoms with Crippen LogP contribution < -0.4 is 56.1 Å². The first kappa shape index (κ1) is 31.0. The maximum Gasteiger partial charge on any atom is 0.580 e. The number of rotatable bonds is 12. The fourth-order valence-corrected chi connectivity index (χ4v) is 12.7. The molecule has 6 aromatic heterocycles. The van der Waals surface area contributed by atoms with Gasteiger partial charge in [-0.15, -0.1) is 0 Å². The van der Waals surface area contributed by atoms with Gasteiger partial charge >= 0.3 is 23.0 Å². The molecule has 0 saturated carbocycles. The summed E-state index contributed by atoms with van der Waals surface area (Å²) in [6.07, 6.45) is 20.3. The third-order valence-corrected chi connectivity index (χ3v) is 13.8. The Hall–Kier alpha value is -5.61. The minimum Gasteiger partial charge on any atom is -0.165 e. The smallest absolute Gasteiger partial charge is 0.165 e. The van der Waals surface area contributed by atoms with E-state index in [1.165, 1.54) is 28.4 Å². The maximum absolute atomic E-state index is 6.60. The Morgan fingerprint density at radius 1 is 0.229 bits per heavy atom. The van der Waals surface area contributed by atoms with E-state index in [4.69, 9.17) is 41.3 Å². The molecular formula is C30H30N9O6P3+6. The van der Waals surface area contributed by atoms with Crippen LogP contribution in [0.5, 0.6) is 0 Å². The quantitative estimate of drug-likeness (QED) is 0.143. The molecular weight excluding hydrogens is 675 g/mol. The van der Waals surface area contributed by atoms with Crippen molar-refractivity contribution in [3.8, 4) is 0 Å². The van der Waals surface area contributed by atoms with E-state index in [-0.39, 0.29) is 0 Å². The largest absolute Gasteiger partial charge is 0.580 e. The minimum absolute atomic E-state index is 1.44. The molecule has 0 aromatic carbocycles. The lowest BCUT2D eigenvalue weighted by Gasteiger charge is -2.21. The van der Waals surface area contributed by atoms with Crippen molar-refractivity contribution in [1.29, 1.82) is 0 Å². The van der Waals surface area contributed by atoms with Crippen LogP contribution in [0.25, 0.3) is 0 Å². The van der Waals surface area contributed by atoms with Gasteiger partial charge in [0.25, 0.3) is 0 Å². The van der Waals surface area contributed by atoms with Crippen LogP contribution in [-0.4, -0.2) is 0 Å². The maximum atomic E-state index is 6.60. The molecule has 7 rings (SSSR count). The van der Waals surface area contributed by atoms with Gasteiger partial charge in [-0.2, -0.15) is 27.7 Å². The predicted molar refractivity (Wildman–Crippen MR) is 167 cm³/mol. The molecule has 0 unspecified atom stereocenters. The van der Waals surface area contributed by atoms with Crippen molar-refractivity contribution in [1.82, 2.24) is 0 Å². The Labute approximate surface area is 275 Å². The number of nitrogens with zero attached hydrogens (tertiary/aromatic N) is 9. The van der Waals surface area contributed by atoms with E-state index in [1.807, 2.05) is 36.4 Å². The minimum atomic E-state index is -4.00. The van der Waals surface area contributed by atoms with Gasteiger partial charge in [0.2, 0.25) is 74.4 Å². The Bertz CT molecular complexity index is 1730. The molecule has 0 bridgehead atoms. The molecule has 0 radical (unpaired) electrons. The van der Waals surface area contributed by atoms with Crippen LogP contribution in [0.3, 0.4) is 0 Å². The van der Waals surface area contributed by atoms with Gasteiger partial charge in [-0.25, -0.2) is 0 Å². The summed E-state index contributed by atoms with van der Waals surface area (Å²) in [5, 5.41) is 0. The zero-order valence-electron chi connectivity index (χ0n) is 25.1. The van der Waals surface area contributed by atoms with E-state index >= 15 is 0 Å². The van der Waals surface area contributed by atoms with Gasteiger partial charge in [-0.05, 0) is 0 Å². The Morgan fingerprint density at radius 2 is 0.375 bits per heavy atom. The zero-order valence-corrected chi connectivity index (χ0v) is 27.8. The lowest BCUT2D eigenvalue weighted by Crippen LogP contribution is -2.51. The Balaban J connectivity index is 1.55. The molecule has 0 spiro atoms. The SMILES string of the molecule is c1cc[n+](OP2(O[n+]3ccccc3)=NP(O[n+]3ccccc3)(O[n+]3ccccc3)=NP(O[n+]3ccccc3)(O[n+]3ccccc3)=N2)cc1. The predicted octanol–water partition coefficient (Wildman–Crippen LogP) is 2.34. The third-order valence-electron chi connectivity index (χ3n) is 6.01. The monoisotopic (exact) mass is 705 g/mol. The molecule has 15 nitrogen and oxygen atoms in total. The lowest BCUT2D eigenvalue weighted by molar-refractivity contribution is -0.888. The molecule has 48 heavy (non-hydrogen) atoms. The fourth-order valence-electron chi connectivity index (χ4n) is 4.08. The molecule has 0 aliphatic carbocycles. The summed E-state index contributed by atoms with van der Waals surface area (Å²) in [6.45, 7) is 0. The highest BCUT2D eigenvalue weighted by Crippen LogP contribution is 2.73. The molecule has 1 aliphatic rings. The van der Waals surface area contributed by atoms with Crippen molar-refractivity contribution in [3.63, 3.8) is 0 Å². The number of hydrogen-bond acceptors (Lipinski definition) is 9. The van der Waals surface area contributed by atoms with Crippen LogP contribution >= 0.6 is 23.0 Å². The molecule has 6 aromatic rings. The highest BCUT2D eigenvalue weighted by atomic mass is 31.3. The van der Waals surface area contributed by atoms with Gasteiger partial charge < -0.3 is 0 Å². The summed E-state index contributed by atoms with van der Waals surface area (Å²) in [6, 6.07) is 32.7. The molecule has 0 fully saturated rings. The standard InChI is InChI=1S/C30H30N9O6P3/c1-7-19-34(20-8-1)40-46(41-35-21-9-2-10-22-35)31-47(42-36-23-11-3-12-24-36,43-37-25-13-4-14-26-37)33-48(32-46,44-38-27-15-5-16-28-38)45-39-29-17-6-18-30-39/h1-30H/q+6. The number of pyridine rings is 6. The summed E-state index contributed by atoms with van der Waals surface area (Å²) >= 11 is 0. The van der Waals surface area contributed by atoms with Gasteiger partial charge in [-0.1, -0.05) is 49.9 Å². The second-order valence-electron chi connectivity index (χ2n) is 9.64. The molecule has 0 atom stereocenters. The average Bonchev–Trinajstić information content (AvgIpc) is 3.10. The van der Waals surface area contributed by atoms with Crippen LogP contribution in [0.2, 0.25) is 0 Å². The zero-order chi connectivity index (χ0) is 32.5. The first-order valence-electron chi connectivity index (χ1n) is 14.5. The molecule has 0 N–H and O–H groups in total. The molecule has 0 amide bonds. The van der Waals surface area contributed by atoms with Crippen LogP contribution in [-0.2, 0) is 0 Å². The van der Waals surface area contributed by atoms with E-state index in [2.05, 4.69) is 0 Å². The van der Waals surface area contributed by atoms with Crippen LogP contribution in [0.4, 0.5) is 0 Å². The van der Waals surface area contributed by atoms with Crippen molar-refractivity contribution < 1.29 is 56.1 Å². The summed E-state index contributed by atoms with van der Waals surface area (Å²) in [5.41, 5.74) is 0. The first-order chi connectivity index (χ1) is 23.6. The first-order valence-corrected chi connectivity index (χ1v) is 19.1. The van der Waals surface area contributed by atoms with E-state index in [0.717, 1.165) is 0 Å². The number of hydrogen-bond donors (Lipinski definition) is 0. The van der Waals surface area contributed by atoms with Crippen LogP contribution in [0, 0.1) is 0 Å². The van der Waals surface area contributed by atoms with E-state index in [0.29, 0.717) is 0 Å². The van der Waals surface area contributed by atoms with Gasteiger partial charge in [0.05, 0.1) is 0 Å². The summed E-state index contributed by atoms with van der Waals surface area (Å²) in [5.74, 6) is 0. The van der Waals surface area contributed by atoms with Gasteiger partial charge in [-0.3, -0.25) is 0 Å². The van der Waals surface area contributed by atoms with E-state index in [1.54, 1.807) is 147 Å². The second kappa shape index (κ2) is 14.0. The highest BCUT2D eigenvalue weighted by Gasteiger charge is 2.59. The van der Waals surface area contributed by atoms with E-state index in [9.17, 15) is 0 Å². The van der Waals surface area contributed by atoms with Gasteiger partial charge in [0.15, 0.2) is 0 Å². The molecule has 0 saturated heterocycles. The summed E-state index contributed by atoms with van der Waals surface area (Å²) in [4.78, 5) is 0. The van der Waals surface area contributed by atoms with E-state index < -0.39 is 23.0 Å². The van der Waals surface area contributed by atoms with Crippen molar-refractivity contribution in [2.24, 2.45) is 13.5 Å². The summed E-state index contributed by atoms with van der Waals surface area (Å²) < 4.78 is 63.4. The Kier molecular flexibility index (Phi) is 9.06. The molecule has 240 valence electrons. The molecule has 1 aliphatic heterocycles. The van der Waals surface area contributed by atoms with Gasteiger partial charge in [0.1, 0.15) is 0 Å². The lowest BCUT2D eigenvalue weighted by atomic mass is 10.5. The normalized spacial score (nSPS) is 15.2. The van der Waals surface area contributed by atoms with Crippen molar-refractivity contribution in [2.75, 3.05) is 0 Å². The fraction of sp³-hybridized carbons (Fsp3) is 0. The third kappa shape index (κ3) is 7.67. The molecule has 18 heteroatoms. The number of aromatic nitrogens is 6. The molecule has 7 heterocycles. The van der Waals surface area contributed by atoms with Crippen molar-refractivity contribution >= 4 is 23.0 Å². The highest BCUT2D eigenvalue weighted by molar-refractivity contribution is 7.78. The Morgan fingerprint density at radius 3 is 0.521 bits per heavy atom. The second-order valence-corrected chi connectivity index (χ2v) is 15.7. The van der Waals surface area contributed by atoms with Gasteiger partial charge in [0, 0.05) is 101 Å². The van der Waals surface area contributed by atoms with Crippen LogP contribution in [0.15, 0.2) is 197 Å². The summed E-state index contributed by atoms with van der Waals surface area (Å²) in [7, 11) is -12.0. The van der Waals surface area contributed by atoms with Crippen LogP contribution in [0.1, 0.15) is 0 Å². The topological polar surface area (TPSA) is 116 Å². The van der Waals surface area contributed by atoms with Crippen molar-refractivity contribution in [3.05, 3.63) is 184 Å². The van der Waals surface area contributed by atoms with Crippen molar-refractivity contribution in [2.45, 2.75) is 0 Å².